The first-order valence-electron chi connectivity index (χ1n) is 6.28. The van der Waals surface area contributed by atoms with E-state index in [-0.39, 0.29) is 18.4 Å². The lowest BCUT2D eigenvalue weighted by molar-refractivity contribution is -0.124. The van der Waals surface area contributed by atoms with Crippen molar-refractivity contribution in [2.75, 3.05) is 4.90 Å². The molecule has 1 heterocycles. The zero-order chi connectivity index (χ0) is 14.0. The lowest BCUT2D eigenvalue weighted by atomic mass is 10.1. The molecule has 0 aliphatic carbocycles. The Kier molecular flexibility index (Phi) is 3.76. The number of imide groups is 1. The van der Waals surface area contributed by atoms with Gasteiger partial charge in [-0.3, -0.25) is 14.4 Å². The summed E-state index contributed by atoms with van der Waals surface area (Å²) in [6.07, 6.45) is 1.54. The highest BCUT2D eigenvalue weighted by molar-refractivity contribution is 6.56. The normalized spacial score (nSPS) is 15.6. The average molecular weight is 260 g/mol. The van der Waals surface area contributed by atoms with Crippen LogP contribution in [-0.2, 0) is 9.59 Å². The zero-order valence-electron chi connectivity index (χ0n) is 10.8. The van der Waals surface area contributed by atoms with E-state index in [9.17, 15) is 14.4 Å². The standard InChI is InChI=1S/C14H16N2O3/c1-9(15)5-4-8-12(17)16-11-7-3-2-6-10(11)13(18)14(16)19/h2-3,6-7,9H,4-5,8,15H2,1H3. The number of hydrogen-bond donors (Lipinski definition) is 1. The summed E-state index contributed by atoms with van der Waals surface area (Å²) in [5.74, 6) is -1.72. The Hall–Kier alpha value is -2.01. The Balaban J connectivity index is 2.14. The fraction of sp³-hybridized carbons (Fsp3) is 0.357. The SMILES string of the molecule is CC(N)CCCC(=O)N1C(=O)C(=O)c2ccccc21. The smallest absolute Gasteiger partial charge is 0.306 e. The Labute approximate surface area is 111 Å². The number of nitrogens with zero attached hydrogens (tertiary/aromatic N) is 1. The molecule has 2 N–H and O–H groups in total. The van der Waals surface area contributed by atoms with Crippen molar-refractivity contribution in [2.45, 2.75) is 32.2 Å². The lowest BCUT2D eigenvalue weighted by Gasteiger charge is -2.14. The maximum atomic E-state index is 12.1. The van der Waals surface area contributed by atoms with Crippen LogP contribution in [0.2, 0.25) is 0 Å². The molecule has 2 amide bonds. The van der Waals surface area contributed by atoms with Gasteiger partial charge in [0.1, 0.15) is 0 Å². The van der Waals surface area contributed by atoms with E-state index in [1.807, 2.05) is 6.92 Å². The molecule has 1 aromatic rings. The van der Waals surface area contributed by atoms with Gasteiger partial charge in [0.25, 0.3) is 5.78 Å². The zero-order valence-corrected chi connectivity index (χ0v) is 10.8. The molecule has 2 rings (SSSR count). The van der Waals surface area contributed by atoms with Gasteiger partial charge in [-0.1, -0.05) is 12.1 Å². The highest BCUT2D eigenvalue weighted by Crippen LogP contribution is 2.29. The molecule has 0 saturated heterocycles. The van der Waals surface area contributed by atoms with Gasteiger partial charge in [0.05, 0.1) is 11.3 Å². The van der Waals surface area contributed by atoms with E-state index in [1.165, 1.54) is 0 Å². The Morgan fingerprint density at radius 3 is 2.68 bits per heavy atom. The fourth-order valence-electron chi connectivity index (χ4n) is 2.12. The van der Waals surface area contributed by atoms with Crippen molar-refractivity contribution >= 4 is 23.3 Å². The van der Waals surface area contributed by atoms with Crippen LogP contribution in [0.5, 0.6) is 0 Å². The van der Waals surface area contributed by atoms with Crippen LogP contribution < -0.4 is 10.6 Å². The first-order chi connectivity index (χ1) is 9.02. The van der Waals surface area contributed by atoms with E-state index >= 15 is 0 Å². The molecular weight excluding hydrogens is 244 g/mol. The topological polar surface area (TPSA) is 80.5 Å². The summed E-state index contributed by atoms with van der Waals surface area (Å²) in [4.78, 5) is 36.6. The third kappa shape index (κ3) is 2.56. The van der Waals surface area contributed by atoms with Gasteiger partial charge < -0.3 is 5.73 Å². The van der Waals surface area contributed by atoms with E-state index in [0.29, 0.717) is 24.1 Å². The third-order valence-corrected chi connectivity index (χ3v) is 3.09. The van der Waals surface area contributed by atoms with E-state index in [4.69, 9.17) is 5.73 Å². The second kappa shape index (κ2) is 5.32. The van der Waals surface area contributed by atoms with Gasteiger partial charge >= 0.3 is 5.91 Å². The fourth-order valence-corrected chi connectivity index (χ4v) is 2.12. The predicted octanol–water partition coefficient (Wildman–Crippen LogP) is 1.26. The molecule has 0 spiro atoms. The van der Waals surface area contributed by atoms with Gasteiger partial charge in [-0.05, 0) is 31.9 Å². The van der Waals surface area contributed by atoms with Gasteiger partial charge in [-0.25, -0.2) is 4.90 Å². The number of Topliss-reactive ketones (excluding diaryl/α,β-unsaturated/α-hetero) is 1. The molecule has 1 aliphatic rings. The van der Waals surface area contributed by atoms with Crippen molar-refractivity contribution in [2.24, 2.45) is 5.73 Å². The van der Waals surface area contributed by atoms with E-state index < -0.39 is 11.7 Å². The average Bonchev–Trinajstić information content (AvgIpc) is 2.62. The summed E-state index contributed by atoms with van der Waals surface area (Å²) in [6, 6.07) is 6.57. The van der Waals surface area contributed by atoms with Gasteiger partial charge in [-0.2, -0.15) is 0 Å². The number of para-hydroxylation sites is 1. The minimum Gasteiger partial charge on any atom is -0.328 e. The summed E-state index contributed by atoms with van der Waals surface area (Å²) in [5, 5.41) is 0. The summed E-state index contributed by atoms with van der Waals surface area (Å²) in [5.41, 5.74) is 6.30. The third-order valence-electron chi connectivity index (χ3n) is 3.09. The minimum atomic E-state index is -0.757. The predicted molar refractivity (Wildman–Crippen MR) is 70.8 cm³/mol. The summed E-state index contributed by atoms with van der Waals surface area (Å²) >= 11 is 0. The molecule has 0 aromatic heterocycles. The van der Waals surface area contributed by atoms with Gasteiger partial charge in [-0.15, -0.1) is 0 Å². The molecule has 5 nitrogen and oxygen atoms in total. The Morgan fingerprint density at radius 2 is 2.00 bits per heavy atom. The number of rotatable bonds is 4. The van der Waals surface area contributed by atoms with Crippen molar-refractivity contribution in [3.63, 3.8) is 0 Å². The minimum absolute atomic E-state index is 0.0241. The first-order valence-corrected chi connectivity index (χ1v) is 6.28. The van der Waals surface area contributed by atoms with Crippen molar-refractivity contribution in [3.05, 3.63) is 29.8 Å². The molecular formula is C14H16N2O3. The quantitative estimate of drug-likeness (QED) is 0.826. The maximum absolute atomic E-state index is 12.1. The molecule has 5 heteroatoms. The summed E-state index contributed by atoms with van der Waals surface area (Å²) in [6.45, 7) is 1.87. The van der Waals surface area contributed by atoms with Crippen LogP contribution in [0.25, 0.3) is 0 Å². The van der Waals surface area contributed by atoms with Crippen molar-refractivity contribution < 1.29 is 14.4 Å². The second-order valence-electron chi connectivity index (χ2n) is 4.75. The lowest BCUT2D eigenvalue weighted by Crippen LogP contribution is -2.35. The number of nitrogens with two attached hydrogens (primary N) is 1. The largest absolute Gasteiger partial charge is 0.328 e. The highest BCUT2D eigenvalue weighted by atomic mass is 16.2. The molecule has 1 aliphatic heterocycles. The highest BCUT2D eigenvalue weighted by Gasteiger charge is 2.38. The Bertz CT molecular complexity index is 537. The number of amides is 2. The molecule has 0 bridgehead atoms. The molecule has 0 fully saturated rings. The van der Waals surface area contributed by atoms with Crippen LogP contribution in [0.4, 0.5) is 5.69 Å². The maximum Gasteiger partial charge on any atom is 0.306 e. The van der Waals surface area contributed by atoms with E-state index in [1.54, 1.807) is 24.3 Å². The number of fused-ring (bicyclic) bond motifs is 1. The number of benzene rings is 1. The van der Waals surface area contributed by atoms with Crippen LogP contribution in [0.3, 0.4) is 0 Å². The summed E-state index contributed by atoms with van der Waals surface area (Å²) in [7, 11) is 0. The molecule has 1 aromatic carbocycles. The van der Waals surface area contributed by atoms with Gasteiger partial charge in [0.15, 0.2) is 0 Å². The van der Waals surface area contributed by atoms with E-state index in [2.05, 4.69) is 0 Å². The van der Waals surface area contributed by atoms with Crippen LogP contribution in [0, 0.1) is 0 Å². The van der Waals surface area contributed by atoms with E-state index in [0.717, 1.165) is 4.90 Å². The second-order valence-corrected chi connectivity index (χ2v) is 4.75. The molecule has 0 saturated carbocycles. The number of ketones is 1. The monoisotopic (exact) mass is 260 g/mol. The summed E-state index contributed by atoms with van der Waals surface area (Å²) < 4.78 is 0. The van der Waals surface area contributed by atoms with Crippen LogP contribution >= 0.6 is 0 Å². The molecule has 100 valence electrons. The first kappa shape index (κ1) is 13.4. The molecule has 1 unspecified atom stereocenters. The Morgan fingerprint density at radius 1 is 1.32 bits per heavy atom. The van der Waals surface area contributed by atoms with Crippen molar-refractivity contribution in [1.82, 2.24) is 0 Å². The van der Waals surface area contributed by atoms with Crippen molar-refractivity contribution in [3.8, 4) is 0 Å². The van der Waals surface area contributed by atoms with Gasteiger partial charge in [0, 0.05) is 12.5 Å². The number of hydrogen-bond acceptors (Lipinski definition) is 4. The number of carbonyl (C=O) groups excluding carboxylic acids is 3. The number of carbonyl (C=O) groups is 3. The van der Waals surface area contributed by atoms with Crippen molar-refractivity contribution in [1.29, 1.82) is 0 Å². The number of anilines is 1. The molecule has 1 atom stereocenters. The van der Waals surface area contributed by atoms with Crippen LogP contribution in [0.1, 0.15) is 36.5 Å². The molecule has 0 radical (unpaired) electrons. The van der Waals surface area contributed by atoms with Crippen LogP contribution in [-0.4, -0.2) is 23.6 Å². The molecule has 19 heavy (non-hydrogen) atoms. The van der Waals surface area contributed by atoms with Gasteiger partial charge in [0.2, 0.25) is 5.91 Å². The van der Waals surface area contributed by atoms with Crippen LogP contribution in [0.15, 0.2) is 24.3 Å².